The van der Waals surface area contributed by atoms with Gasteiger partial charge in [-0.05, 0) is 19.6 Å². The number of ether oxygens (including phenoxy) is 2. The summed E-state index contributed by atoms with van der Waals surface area (Å²) in [4.78, 5) is 0. The SMILES string of the molecule is C[Si](C)(C)OCC1=COCO1. The van der Waals surface area contributed by atoms with Gasteiger partial charge in [-0.1, -0.05) is 0 Å². The molecule has 0 aliphatic carbocycles. The van der Waals surface area contributed by atoms with Crippen LogP contribution in [0.4, 0.5) is 0 Å². The first-order valence-corrected chi connectivity index (χ1v) is 7.06. The molecule has 0 bridgehead atoms. The lowest BCUT2D eigenvalue weighted by Gasteiger charge is -2.16. The Morgan fingerprint density at radius 3 is 2.73 bits per heavy atom. The molecule has 0 aromatic heterocycles. The maximum absolute atomic E-state index is 5.58. The first kappa shape index (κ1) is 8.61. The minimum Gasteiger partial charge on any atom is -0.462 e. The smallest absolute Gasteiger partial charge is 0.229 e. The van der Waals surface area contributed by atoms with Crippen molar-refractivity contribution in [2.75, 3.05) is 13.4 Å². The van der Waals surface area contributed by atoms with E-state index in [1.54, 1.807) is 6.26 Å². The molecule has 11 heavy (non-hydrogen) atoms. The molecule has 1 heterocycles. The van der Waals surface area contributed by atoms with Crippen LogP contribution in [0, 0.1) is 0 Å². The summed E-state index contributed by atoms with van der Waals surface area (Å²) in [5, 5.41) is 0. The van der Waals surface area contributed by atoms with Crippen molar-refractivity contribution in [1.82, 2.24) is 0 Å². The Labute approximate surface area is 68.1 Å². The van der Waals surface area contributed by atoms with Crippen LogP contribution in [-0.2, 0) is 13.9 Å². The van der Waals surface area contributed by atoms with Gasteiger partial charge >= 0.3 is 0 Å². The topological polar surface area (TPSA) is 27.7 Å². The van der Waals surface area contributed by atoms with Crippen molar-refractivity contribution in [1.29, 1.82) is 0 Å². The van der Waals surface area contributed by atoms with E-state index in [2.05, 4.69) is 19.6 Å². The van der Waals surface area contributed by atoms with E-state index in [1.807, 2.05) is 0 Å². The van der Waals surface area contributed by atoms with Crippen molar-refractivity contribution in [3.05, 3.63) is 12.0 Å². The Morgan fingerprint density at radius 2 is 2.27 bits per heavy atom. The van der Waals surface area contributed by atoms with Gasteiger partial charge in [-0.2, -0.15) is 0 Å². The predicted molar refractivity (Wildman–Crippen MR) is 44.4 cm³/mol. The largest absolute Gasteiger partial charge is 0.462 e. The van der Waals surface area contributed by atoms with Gasteiger partial charge in [-0.25, -0.2) is 0 Å². The molecular formula is C7H14O3Si. The second-order valence-electron chi connectivity index (χ2n) is 3.41. The minimum atomic E-state index is -1.40. The fourth-order valence-corrected chi connectivity index (χ4v) is 1.21. The van der Waals surface area contributed by atoms with Crippen molar-refractivity contribution in [3.63, 3.8) is 0 Å². The monoisotopic (exact) mass is 174 g/mol. The summed E-state index contributed by atoms with van der Waals surface area (Å²) in [5.74, 6) is 0.799. The van der Waals surface area contributed by atoms with Crippen LogP contribution in [0.25, 0.3) is 0 Å². The van der Waals surface area contributed by atoms with Crippen molar-refractivity contribution in [2.24, 2.45) is 0 Å². The third-order valence-electron chi connectivity index (χ3n) is 1.17. The van der Waals surface area contributed by atoms with Crippen molar-refractivity contribution in [3.8, 4) is 0 Å². The molecule has 0 aromatic rings. The third-order valence-corrected chi connectivity index (χ3v) is 2.18. The highest BCUT2D eigenvalue weighted by molar-refractivity contribution is 6.69. The normalized spacial score (nSPS) is 17.2. The van der Waals surface area contributed by atoms with E-state index < -0.39 is 8.32 Å². The summed E-state index contributed by atoms with van der Waals surface area (Å²) in [6, 6.07) is 0. The van der Waals surface area contributed by atoms with Crippen LogP contribution in [0.1, 0.15) is 0 Å². The standard InChI is InChI=1S/C7H14O3Si/c1-11(2,3)10-5-7-4-8-6-9-7/h4H,5-6H2,1-3H3. The van der Waals surface area contributed by atoms with E-state index in [9.17, 15) is 0 Å². The van der Waals surface area contributed by atoms with E-state index in [-0.39, 0.29) is 0 Å². The van der Waals surface area contributed by atoms with Gasteiger partial charge in [0.15, 0.2) is 14.1 Å². The van der Waals surface area contributed by atoms with Gasteiger partial charge < -0.3 is 13.9 Å². The lowest BCUT2D eigenvalue weighted by molar-refractivity contribution is 0.0707. The van der Waals surface area contributed by atoms with Crippen molar-refractivity contribution >= 4 is 8.32 Å². The molecule has 0 saturated heterocycles. The molecule has 0 aromatic carbocycles. The maximum atomic E-state index is 5.58. The maximum Gasteiger partial charge on any atom is 0.229 e. The number of hydrogen-bond acceptors (Lipinski definition) is 3. The fraction of sp³-hybridized carbons (Fsp3) is 0.714. The van der Waals surface area contributed by atoms with E-state index in [0.717, 1.165) is 5.76 Å². The Kier molecular flexibility index (Phi) is 2.56. The summed E-state index contributed by atoms with van der Waals surface area (Å²) >= 11 is 0. The zero-order valence-corrected chi connectivity index (χ0v) is 8.22. The first-order valence-electron chi connectivity index (χ1n) is 3.65. The molecule has 0 unspecified atom stereocenters. The van der Waals surface area contributed by atoms with E-state index >= 15 is 0 Å². The van der Waals surface area contributed by atoms with Crippen LogP contribution in [0.15, 0.2) is 12.0 Å². The van der Waals surface area contributed by atoms with E-state index in [1.165, 1.54) is 0 Å². The van der Waals surface area contributed by atoms with Gasteiger partial charge in [0.05, 0.1) is 6.61 Å². The summed E-state index contributed by atoms with van der Waals surface area (Å²) in [5.41, 5.74) is 0. The summed E-state index contributed by atoms with van der Waals surface area (Å²) in [7, 11) is -1.40. The van der Waals surface area contributed by atoms with Crippen LogP contribution in [-0.4, -0.2) is 21.7 Å². The quantitative estimate of drug-likeness (QED) is 0.609. The van der Waals surface area contributed by atoms with Crippen LogP contribution >= 0.6 is 0 Å². The highest BCUT2D eigenvalue weighted by atomic mass is 28.4. The third kappa shape index (κ3) is 3.43. The molecule has 1 aliphatic rings. The summed E-state index contributed by atoms with van der Waals surface area (Å²) in [6.07, 6.45) is 1.61. The molecule has 0 atom stereocenters. The van der Waals surface area contributed by atoms with Crippen molar-refractivity contribution in [2.45, 2.75) is 19.6 Å². The van der Waals surface area contributed by atoms with Gasteiger partial charge in [0.2, 0.25) is 6.79 Å². The first-order chi connectivity index (χ1) is 5.08. The van der Waals surface area contributed by atoms with Gasteiger partial charge in [0.1, 0.15) is 6.26 Å². The van der Waals surface area contributed by atoms with Crippen LogP contribution in [0.5, 0.6) is 0 Å². The number of rotatable bonds is 3. The van der Waals surface area contributed by atoms with Crippen LogP contribution in [0.2, 0.25) is 19.6 Å². The molecule has 0 fully saturated rings. The molecule has 3 nitrogen and oxygen atoms in total. The zero-order valence-electron chi connectivity index (χ0n) is 7.22. The molecule has 0 saturated carbocycles. The molecule has 1 rings (SSSR count). The Balaban J connectivity index is 2.22. The lowest BCUT2D eigenvalue weighted by atomic mass is 10.6. The van der Waals surface area contributed by atoms with Gasteiger partial charge in [-0.3, -0.25) is 0 Å². The second-order valence-corrected chi connectivity index (χ2v) is 7.93. The van der Waals surface area contributed by atoms with E-state index in [0.29, 0.717) is 13.4 Å². The molecule has 0 radical (unpaired) electrons. The molecule has 0 amide bonds. The molecule has 0 N–H and O–H groups in total. The Morgan fingerprint density at radius 1 is 1.55 bits per heavy atom. The number of hydrogen-bond donors (Lipinski definition) is 0. The zero-order chi connectivity index (χ0) is 8.32. The van der Waals surface area contributed by atoms with Crippen LogP contribution in [0.3, 0.4) is 0 Å². The average Bonchev–Trinajstić information content (AvgIpc) is 2.32. The van der Waals surface area contributed by atoms with Gasteiger partial charge in [0.25, 0.3) is 0 Å². The van der Waals surface area contributed by atoms with Crippen molar-refractivity contribution < 1.29 is 13.9 Å². The highest BCUT2D eigenvalue weighted by Crippen LogP contribution is 2.10. The minimum absolute atomic E-state index is 0.338. The lowest BCUT2D eigenvalue weighted by Crippen LogP contribution is -2.26. The fourth-order valence-electron chi connectivity index (χ4n) is 0.634. The summed E-state index contributed by atoms with van der Waals surface area (Å²) < 4.78 is 15.5. The van der Waals surface area contributed by atoms with Crippen LogP contribution < -0.4 is 0 Å². The van der Waals surface area contributed by atoms with E-state index in [4.69, 9.17) is 13.9 Å². The highest BCUT2D eigenvalue weighted by Gasteiger charge is 2.16. The molecule has 64 valence electrons. The molecular weight excluding hydrogens is 160 g/mol. The molecule has 1 aliphatic heterocycles. The summed E-state index contributed by atoms with van der Waals surface area (Å²) in [6.45, 7) is 7.32. The predicted octanol–water partition coefficient (Wildman–Crippen LogP) is 1.68. The molecule has 0 spiro atoms. The van der Waals surface area contributed by atoms with Gasteiger partial charge in [0, 0.05) is 0 Å². The van der Waals surface area contributed by atoms with Gasteiger partial charge in [-0.15, -0.1) is 0 Å². The Hall–Kier alpha value is -0.483. The second kappa shape index (κ2) is 3.28. The Bertz CT molecular complexity index is 160. The average molecular weight is 174 g/mol. The molecule has 4 heteroatoms.